The topological polar surface area (TPSA) is 46.5 Å². The molecule has 0 aliphatic carbocycles. The van der Waals surface area contributed by atoms with E-state index in [2.05, 4.69) is 6.92 Å². The molecule has 0 aliphatic heterocycles. The van der Waals surface area contributed by atoms with Crippen molar-refractivity contribution < 1.29 is 14.6 Å². The van der Waals surface area contributed by atoms with Crippen LogP contribution in [0.5, 0.6) is 0 Å². The summed E-state index contributed by atoms with van der Waals surface area (Å²) in [6, 6.07) is 0. The van der Waals surface area contributed by atoms with Gasteiger partial charge in [0.05, 0.1) is 6.61 Å². The summed E-state index contributed by atoms with van der Waals surface area (Å²) in [5.41, 5.74) is 0. The minimum Gasteiger partial charge on any atom is -0.466 e. The molecule has 0 saturated carbocycles. The van der Waals surface area contributed by atoms with Crippen molar-refractivity contribution in [2.24, 2.45) is 0 Å². The fraction of sp³-hybridized carbons (Fsp3) is 0.958. The average Bonchev–Trinajstić information content (AvgIpc) is 2.67. The van der Waals surface area contributed by atoms with Crippen LogP contribution in [-0.4, -0.2) is 24.3 Å². The first-order valence-corrected chi connectivity index (χ1v) is 12.1. The molecule has 162 valence electrons. The van der Waals surface area contributed by atoms with Crippen LogP contribution in [-0.2, 0) is 9.53 Å². The van der Waals surface area contributed by atoms with E-state index in [4.69, 9.17) is 9.84 Å². The summed E-state index contributed by atoms with van der Waals surface area (Å²) in [5.74, 6) is -0.111. The second-order valence-corrected chi connectivity index (χ2v) is 8.06. The van der Waals surface area contributed by atoms with Crippen molar-refractivity contribution in [3.63, 3.8) is 0 Å². The summed E-state index contributed by atoms with van der Waals surface area (Å²) in [4.78, 5) is 11.4. The van der Waals surface area contributed by atoms with Crippen molar-refractivity contribution in [2.75, 3.05) is 13.2 Å². The van der Waals surface area contributed by atoms with Gasteiger partial charge >= 0.3 is 5.97 Å². The van der Waals surface area contributed by atoms with Crippen LogP contribution < -0.4 is 0 Å². The molecule has 0 saturated heterocycles. The Morgan fingerprint density at radius 3 is 1.33 bits per heavy atom. The summed E-state index contributed by atoms with van der Waals surface area (Å²) >= 11 is 0. The zero-order valence-corrected chi connectivity index (χ0v) is 18.3. The van der Waals surface area contributed by atoms with Gasteiger partial charge in [-0.3, -0.25) is 4.79 Å². The molecule has 0 bridgehead atoms. The van der Waals surface area contributed by atoms with E-state index in [1.807, 2.05) is 0 Å². The molecule has 0 atom stereocenters. The summed E-state index contributed by atoms with van der Waals surface area (Å²) < 4.78 is 5.02. The Bertz CT molecular complexity index is 291. The fourth-order valence-electron chi connectivity index (χ4n) is 3.49. The molecule has 0 aromatic rings. The molecule has 0 radical (unpaired) electrons. The van der Waals surface area contributed by atoms with Crippen molar-refractivity contribution in [1.29, 1.82) is 0 Å². The molecule has 0 aromatic carbocycles. The minimum absolute atomic E-state index is 0.0898. The first-order valence-electron chi connectivity index (χ1n) is 12.1. The number of aliphatic hydroxyl groups is 1. The molecule has 0 unspecified atom stereocenters. The number of ether oxygens (including phenoxy) is 1. The highest BCUT2D eigenvalue weighted by atomic mass is 16.5. The van der Waals surface area contributed by atoms with Gasteiger partial charge < -0.3 is 9.84 Å². The summed E-state index contributed by atoms with van der Waals surface area (Å²) in [5, 5.41) is 8.63. The molecular weight excluding hydrogens is 336 g/mol. The second kappa shape index (κ2) is 23.5. The van der Waals surface area contributed by atoms with E-state index in [1.165, 1.54) is 103 Å². The van der Waals surface area contributed by atoms with Crippen LogP contribution in [0.1, 0.15) is 135 Å². The number of carbonyl (C=O) groups is 1. The van der Waals surface area contributed by atoms with E-state index < -0.39 is 0 Å². The van der Waals surface area contributed by atoms with Crippen LogP contribution in [0.25, 0.3) is 0 Å². The van der Waals surface area contributed by atoms with Crippen LogP contribution in [0.3, 0.4) is 0 Å². The van der Waals surface area contributed by atoms with Gasteiger partial charge in [0.2, 0.25) is 0 Å². The van der Waals surface area contributed by atoms with Crippen molar-refractivity contribution in [2.45, 2.75) is 135 Å². The zero-order valence-electron chi connectivity index (χ0n) is 18.3. The average molecular weight is 385 g/mol. The molecule has 3 nitrogen and oxygen atoms in total. The molecule has 0 spiro atoms. The normalized spacial score (nSPS) is 11.0. The van der Waals surface area contributed by atoms with Gasteiger partial charge in [0.15, 0.2) is 0 Å². The SMILES string of the molecule is CCCCCCCCCCCCCCCCCCCCC(=O)OCCCO. The zero-order chi connectivity index (χ0) is 19.8. The molecule has 0 rings (SSSR count). The van der Waals surface area contributed by atoms with Gasteiger partial charge in [-0.2, -0.15) is 0 Å². The molecule has 0 amide bonds. The summed E-state index contributed by atoms with van der Waals surface area (Å²) in [6.07, 6.45) is 25.5. The van der Waals surface area contributed by atoms with Gasteiger partial charge in [0.25, 0.3) is 0 Å². The van der Waals surface area contributed by atoms with Gasteiger partial charge in [-0.1, -0.05) is 116 Å². The van der Waals surface area contributed by atoms with E-state index in [1.54, 1.807) is 0 Å². The smallest absolute Gasteiger partial charge is 0.305 e. The van der Waals surface area contributed by atoms with Gasteiger partial charge in [-0.15, -0.1) is 0 Å². The third-order valence-electron chi connectivity index (χ3n) is 5.30. The molecular formula is C24H48O3. The monoisotopic (exact) mass is 384 g/mol. The molecule has 0 heterocycles. The Balaban J connectivity index is 3.06. The standard InChI is InChI=1S/C24H48O3/c1-2-3-4-5-6-7-8-9-10-11-12-13-14-15-16-17-18-19-21-24(26)27-23-20-22-25/h25H,2-23H2,1H3. The van der Waals surface area contributed by atoms with Gasteiger partial charge in [-0.25, -0.2) is 0 Å². The number of aliphatic hydroxyl groups excluding tert-OH is 1. The van der Waals surface area contributed by atoms with Gasteiger partial charge in [0, 0.05) is 19.4 Å². The maximum Gasteiger partial charge on any atom is 0.305 e. The lowest BCUT2D eigenvalue weighted by Gasteiger charge is -2.04. The fourth-order valence-corrected chi connectivity index (χ4v) is 3.49. The lowest BCUT2D eigenvalue weighted by molar-refractivity contribution is -0.144. The van der Waals surface area contributed by atoms with Crippen LogP contribution in [0.2, 0.25) is 0 Å². The van der Waals surface area contributed by atoms with Gasteiger partial charge in [0.1, 0.15) is 0 Å². The predicted molar refractivity (Wildman–Crippen MR) is 116 cm³/mol. The van der Waals surface area contributed by atoms with E-state index in [0.717, 1.165) is 12.8 Å². The Kier molecular flexibility index (Phi) is 23.0. The number of carbonyl (C=O) groups excluding carboxylic acids is 1. The molecule has 0 aromatic heterocycles. The largest absolute Gasteiger partial charge is 0.466 e. The molecule has 27 heavy (non-hydrogen) atoms. The van der Waals surface area contributed by atoms with Crippen molar-refractivity contribution in [1.82, 2.24) is 0 Å². The summed E-state index contributed by atoms with van der Waals surface area (Å²) in [7, 11) is 0. The van der Waals surface area contributed by atoms with Crippen molar-refractivity contribution in [3.05, 3.63) is 0 Å². The predicted octanol–water partition coefficient (Wildman–Crippen LogP) is 7.34. The highest BCUT2D eigenvalue weighted by molar-refractivity contribution is 5.69. The molecule has 1 N–H and O–H groups in total. The first-order chi connectivity index (χ1) is 13.3. The van der Waals surface area contributed by atoms with Crippen LogP contribution in [0.15, 0.2) is 0 Å². The Morgan fingerprint density at radius 1 is 0.593 bits per heavy atom. The number of esters is 1. The maximum absolute atomic E-state index is 11.4. The van der Waals surface area contributed by atoms with E-state index in [9.17, 15) is 4.79 Å². The highest BCUT2D eigenvalue weighted by Crippen LogP contribution is 2.14. The lowest BCUT2D eigenvalue weighted by Crippen LogP contribution is -2.06. The van der Waals surface area contributed by atoms with Gasteiger partial charge in [-0.05, 0) is 6.42 Å². The van der Waals surface area contributed by atoms with Crippen LogP contribution in [0.4, 0.5) is 0 Å². The van der Waals surface area contributed by atoms with E-state index >= 15 is 0 Å². The molecule has 3 heteroatoms. The van der Waals surface area contributed by atoms with Crippen molar-refractivity contribution >= 4 is 5.97 Å². The Hall–Kier alpha value is -0.570. The third-order valence-corrected chi connectivity index (χ3v) is 5.30. The highest BCUT2D eigenvalue weighted by Gasteiger charge is 2.02. The molecule has 0 fully saturated rings. The molecule has 0 aliphatic rings. The maximum atomic E-state index is 11.4. The number of rotatable bonds is 22. The lowest BCUT2D eigenvalue weighted by atomic mass is 10.0. The summed E-state index contributed by atoms with van der Waals surface area (Å²) in [6.45, 7) is 2.73. The minimum atomic E-state index is -0.111. The van der Waals surface area contributed by atoms with E-state index in [-0.39, 0.29) is 12.6 Å². The third kappa shape index (κ3) is 23.4. The van der Waals surface area contributed by atoms with Crippen molar-refractivity contribution in [3.8, 4) is 0 Å². The first kappa shape index (κ1) is 26.4. The number of unbranched alkanes of at least 4 members (excludes halogenated alkanes) is 17. The number of hydrogen-bond acceptors (Lipinski definition) is 3. The number of hydrogen-bond donors (Lipinski definition) is 1. The Morgan fingerprint density at radius 2 is 0.963 bits per heavy atom. The van der Waals surface area contributed by atoms with E-state index in [0.29, 0.717) is 19.4 Å². The second-order valence-electron chi connectivity index (χ2n) is 8.06. The van der Waals surface area contributed by atoms with Crippen LogP contribution in [0, 0.1) is 0 Å². The Labute approximate surface area is 169 Å². The van der Waals surface area contributed by atoms with Crippen LogP contribution >= 0.6 is 0 Å². The quantitative estimate of drug-likeness (QED) is 0.157.